The van der Waals surface area contributed by atoms with Gasteiger partial charge < -0.3 is 9.05 Å². The fraction of sp³-hybridized carbons (Fsp3) is 0.200. The van der Waals surface area contributed by atoms with Crippen LogP contribution < -0.4 is 0 Å². The smallest absolute Gasteiger partial charge is 0.367 e. The number of phosphoric ester groups is 2. The Bertz CT molecular complexity index is 959. The molecule has 10 nitrogen and oxygen atoms in total. The predicted octanol–water partition coefficient (Wildman–Crippen LogP) is 4.97. The van der Waals surface area contributed by atoms with E-state index in [0.717, 1.165) is 39.6 Å². The van der Waals surface area contributed by atoms with Crippen LogP contribution in [0.1, 0.15) is 31.8 Å². The van der Waals surface area contributed by atoms with Gasteiger partial charge in [0.25, 0.3) is 0 Å². The molecule has 0 radical (unpaired) electrons. The monoisotopic (exact) mass is 484 g/mol. The van der Waals surface area contributed by atoms with Crippen LogP contribution in [0.3, 0.4) is 0 Å². The van der Waals surface area contributed by atoms with E-state index in [0.29, 0.717) is 0 Å². The van der Waals surface area contributed by atoms with Crippen molar-refractivity contribution in [2.75, 3.05) is 28.4 Å². The lowest BCUT2D eigenvalue weighted by molar-refractivity contribution is 0.0627. The number of benzene rings is 2. The van der Waals surface area contributed by atoms with Crippen molar-refractivity contribution in [2.45, 2.75) is 0 Å². The lowest BCUT2D eigenvalue weighted by atomic mass is 10.1. The van der Waals surface area contributed by atoms with E-state index in [2.05, 4.69) is 18.1 Å². The summed E-state index contributed by atoms with van der Waals surface area (Å²) in [5.74, 6) is -1.69. The van der Waals surface area contributed by atoms with Gasteiger partial charge in [0.15, 0.2) is 0 Å². The number of carbonyl (C=O) groups excluding carboxylic acids is 2. The largest absolute Gasteiger partial charge is 0.531 e. The highest BCUT2D eigenvalue weighted by atomic mass is 31.2. The van der Waals surface area contributed by atoms with E-state index in [1.807, 2.05) is 0 Å². The van der Waals surface area contributed by atoms with Crippen LogP contribution >= 0.6 is 15.6 Å². The highest BCUT2D eigenvalue weighted by Gasteiger charge is 2.29. The van der Waals surface area contributed by atoms with Crippen LogP contribution in [-0.2, 0) is 36.3 Å². The van der Waals surface area contributed by atoms with Crippen molar-refractivity contribution in [3.05, 3.63) is 70.8 Å². The molecule has 2 rings (SSSR count). The minimum Gasteiger partial charge on any atom is -0.367 e. The standard InChI is InChI=1S/C20H22O10P2/c1-25-31(23,26-2)29-19(21)17-11-7-15(8-12-17)5-6-16-9-13-18(14-10-16)20(22)30-32(24,27-3)28-4/h5-14H,1-4H3/b6-5+. The molecule has 0 saturated carbocycles. The molecular weight excluding hydrogens is 462 g/mol. The first-order valence-electron chi connectivity index (χ1n) is 8.96. The lowest BCUT2D eigenvalue weighted by Gasteiger charge is -2.12. The van der Waals surface area contributed by atoms with E-state index >= 15 is 0 Å². The molecule has 32 heavy (non-hydrogen) atoms. The SMILES string of the molecule is COP(=O)(OC)OC(=O)c1ccc(/C=C/c2ccc(C(=O)OP(=O)(OC)OC)cc2)cc1. The second-order valence-corrected chi connectivity index (χ2v) is 9.57. The van der Waals surface area contributed by atoms with E-state index in [1.54, 1.807) is 36.4 Å². The van der Waals surface area contributed by atoms with Crippen LogP contribution in [-0.4, -0.2) is 40.4 Å². The molecule has 0 aliphatic carbocycles. The van der Waals surface area contributed by atoms with Crippen LogP contribution in [0.2, 0.25) is 0 Å². The van der Waals surface area contributed by atoms with Crippen molar-refractivity contribution in [1.82, 2.24) is 0 Å². The number of hydrogen-bond acceptors (Lipinski definition) is 10. The van der Waals surface area contributed by atoms with Crippen LogP contribution in [0.5, 0.6) is 0 Å². The van der Waals surface area contributed by atoms with Crippen molar-refractivity contribution in [3.63, 3.8) is 0 Å². The Morgan fingerprint density at radius 3 is 1.12 bits per heavy atom. The van der Waals surface area contributed by atoms with E-state index in [1.165, 1.54) is 24.3 Å². The van der Waals surface area contributed by atoms with Gasteiger partial charge in [-0.3, -0.25) is 18.1 Å². The van der Waals surface area contributed by atoms with Crippen LogP contribution in [0.4, 0.5) is 0 Å². The molecule has 2 aromatic rings. The average molecular weight is 484 g/mol. The van der Waals surface area contributed by atoms with E-state index in [9.17, 15) is 18.7 Å². The van der Waals surface area contributed by atoms with Gasteiger partial charge >= 0.3 is 27.6 Å². The Hall–Kier alpha value is -2.58. The first kappa shape index (κ1) is 25.7. The molecule has 0 heterocycles. The summed E-state index contributed by atoms with van der Waals surface area (Å²) in [6.07, 6.45) is 3.56. The van der Waals surface area contributed by atoms with Crippen molar-refractivity contribution in [1.29, 1.82) is 0 Å². The maximum atomic E-state index is 12.0. The summed E-state index contributed by atoms with van der Waals surface area (Å²) in [7, 11) is -3.40. The van der Waals surface area contributed by atoms with Gasteiger partial charge in [-0.15, -0.1) is 0 Å². The molecule has 2 aromatic carbocycles. The van der Waals surface area contributed by atoms with Crippen LogP contribution in [0.15, 0.2) is 48.5 Å². The molecule has 0 N–H and O–H groups in total. The zero-order chi connectivity index (χ0) is 23.8. The molecule has 0 amide bonds. The Morgan fingerprint density at radius 2 is 0.875 bits per heavy atom. The van der Waals surface area contributed by atoms with Gasteiger partial charge in [0.1, 0.15) is 0 Å². The van der Waals surface area contributed by atoms with Crippen molar-refractivity contribution in [3.8, 4) is 0 Å². The van der Waals surface area contributed by atoms with Gasteiger partial charge in [-0.1, -0.05) is 36.4 Å². The summed E-state index contributed by atoms with van der Waals surface area (Å²) >= 11 is 0. The van der Waals surface area contributed by atoms with Gasteiger partial charge in [-0.05, 0) is 35.4 Å². The fourth-order valence-electron chi connectivity index (χ4n) is 2.26. The van der Waals surface area contributed by atoms with Gasteiger partial charge in [-0.25, -0.2) is 18.7 Å². The molecule has 0 aliphatic heterocycles. The third-order valence-corrected chi connectivity index (χ3v) is 6.61. The fourth-order valence-corrected chi connectivity index (χ4v) is 3.47. The minimum absolute atomic E-state index is 0.170. The number of rotatable bonds is 10. The van der Waals surface area contributed by atoms with Crippen molar-refractivity contribution in [2.24, 2.45) is 0 Å². The average Bonchev–Trinajstić information content (AvgIpc) is 2.83. The zero-order valence-corrected chi connectivity index (χ0v) is 19.5. The van der Waals surface area contributed by atoms with Gasteiger partial charge in [0.2, 0.25) is 0 Å². The molecule has 0 fully saturated rings. The minimum atomic E-state index is -3.92. The first-order chi connectivity index (χ1) is 15.2. The molecule has 0 bridgehead atoms. The maximum Gasteiger partial charge on any atom is 0.531 e. The quantitative estimate of drug-likeness (QED) is 0.337. The van der Waals surface area contributed by atoms with E-state index < -0.39 is 27.6 Å². The zero-order valence-electron chi connectivity index (χ0n) is 17.8. The molecular formula is C20H22O10P2. The first-order valence-corrected chi connectivity index (χ1v) is 11.9. The molecule has 12 heteroatoms. The predicted molar refractivity (Wildman–Crippen MR) is 116 cm³/mol. The molecule has 0 saturated heterocycles. The molecule has 0 aromatic heterocycles. The van der Waals surface area contributed by atoms with Crippen LogP contribution in [0, 0.1) is 0 Å². The topological polar surface area (TPSA) is 124 Å². The second kappa shape index (κ2) is 11.3. The summed E-state index contributed by atoms with van der Waals surface area (Å²) in [6, 6.07) is 12.7. The highest BCUT2D eigenvalue weighted by Crippen LogP contribution is 2.48. The third-order valence-electron chi connectivity index (χ3n) is 4.04. The van der Waals surface area contributed by atoms with Gasteiger partial charge in [0, 0.05) is 28.4 Å². The Morgan fingerprint density at radius 1 is 0.594 bits per heavy atom. The maximum absolute atomic E-state index is 12.0. The van der Waals surface area contributed by atoms with E-state index in [4.69, 9.17) is 9.05 Å². The third kappa shape index (κ3) is 6.97. The molecule has 0 atom stereocenters. The van der Waals surface area contributed by atoms with Gasteiger partial charge in [-0.2, -0.15) is 0 Å². The Kier molecular flexibility index (Phi) is 9.09. The number of phosphoric acid groups is 2. The molecule has 172 valence electrons. The number of carbonyl (C=O) groups is 2. The molecule has 0 spiro atoms. The summed E-state index contributed by atoms with van der Waals surface area (Å²) in [5.41, 5.74) is 1.88. The van der Waals surface area contributed by atoms with Crippen molar-refractivity contribution < 1.29 is 45.9 Å². The Balaban J connectivity index is 2.03. The Labute approximate surface area is 185 Å². The second-order valence-electron chi connectivity index (χ2n) is 5.96. The summed E-state index contributed by atoms with van der Waals surface area (Å²) in [6.45, 7) is 0. The molecule has 0 aliphatic rings. The summed E-state index contributed by atoms with van der Waals surface area (Å²) < 4.78 is 51.5. The highest BCUT2D eigenvalue weighted by molar-refractivity contribution is 7.49. The normalized spacial score (nSPS) is 12.0. The summed E-state index contributed by atoms with van der Waals surface area (Å²) in [4.78, 5) is 24.1. The van der Waals surface area contributed by atoms with Crippen molar-refractivity contribution >= 4 is 39.7 Å². The summed E-state index contributed by atoms with van der Waals surface area (Å²) in [5, 5.41) is 0. The van der Waals surface area contributed by atoms with Gasteiger partial charge in [0.05, 0.1) is 11.1 Å². The van der Waals surface area contributed by atoms with Crippen LogP contribution in [0.25, 0.3) is 12.2 Å². The lowest BCUT2D eigenvalue weighted by Crippen LogP contribution is -2.05. The number of hydrogen-bond donors (Lipinski definition) is 0. The van der Waals surface area contributed by atoms with E-state index in [-0.39, 0.29) is 11.1 Å². The molecule has 0 unspecified atom stereocenters.